The molecule has 1 rings (SSSR count). The fourth-order valence-corrected chi connectivity index (χ4v) is 2.77. The van der Waals surface area contributed by atoms with Crippen LogP contribution in [0.2, 0.25) is 0 Å². The van der Waals surface area contributed by atoms with Crippen LogP contribution in [0.1, 0.15) is 64.7 Å². The molecule has 20 heavy (non-hydrogen) atoms. The van der Waals surface area contributed by atoms with Gasteiger partial charge >= 0.3 is 0 Å². The second-order valence-electron chi connectivity index (χ2n) is 5.99. The number of unbranched alkanes of at least 4 members (excludes halogenated alkanes) is 4. The molecule has 0 saturated carbocycles. The van der Waals surface area contributed by atoms with Gasteiger partial charge in [-0.2, -0.15) is 0 Å². The molecular formula is C16H33N3O. The highest BCUT2D eigenvalue weighted by atomic mass is 16.1. The van der Waals surface area contributed by atoms with Gasteiger partial charge in [-0.15, -0.1) is 0 Å². The molecule has 0 aromatic heterocycles. The van der Waals surface area contributed by atoms with Gasteiger partial charge in [0.1, 0.15) is 0 Å². The second kappa shape index (κ2) is 11.1. The number of nitrogens with one attached hydrogen (secondary N) is 1. The van der Waals surface area contributed by atoms with E-state index in [9.17, 15) is 4.79 Å². The van der Waals surface area contributed by atoms with Crippen molar-refractivity contribution in [2.45, 2.75) is 70.8 Å². The summed E-state index contributed by atoms with van der Waals surface area (Å²) >= 11 is 0. The molecule has 0 spiro atoms. The van der Waals surface area contributed by atoms with E-state index < -0.39 is 0 Å². The number of carbonyl (C=O) groups is 1. The summed E-state index contributed by atoms with van der Waals surface area (Å²) in [6.45, 7) is 6.50. The van der Waals surface area contributed by atoms with Gasteiger partial charge in [0.2, 0.25) is 5.91 Å². The van der Waals surface area contributed by atoms with Crippen LogP contribution in [0, 0.1) is 0 Å². The van der Waals surface area contributed by atoms with Crippen molar-refractivity contribution in [3.63, 3.8) is 0 Å². The van der Waals surface area contributed by atoms with Gasteiger partial charge in [-0.3, -0.25) is 4.79 Å². The van der Waals surface area contributed by atoms with Gasteiger partial charge in [0, 0.05) is 25.6 Å². The highest BCUT2D eigenvalue weighted by Crippen LogP contribution is 2.11. The summed E-state index contributed by atoms with van der Waals surface area (Å²) in [4.78, 5) is 14.4. The quantitative estimate of drug-likeness (QED) is 0.605. The van der Waals surface area contributed by atoms with Crippen LogP contribution in [0.5, 0.6) is 0 Å². The second-order valence-corrected chi connectivity index (χ2v) is 5.99. The average molecular weight is 283 g/mol. The van der Waals surface area contributed by atoms with Crippen molar-refractivity contribution in [2.24, 2.45) is 5.73 Å². The first-order chi connectivity index (χ1) is 9.76. The Bertz CT molecular complexity index is 250. The summed E-state index contributed by atoms with van der Waals surface area (Å²) in [5.74, 6) is 0.241. The SMILES string of the molecule is CCCCN1CCC(NC(=O)CCCCCCN)CC1. The molecule has 0 bridgehead atoms. The predicted molar refractivity (Wildman–Crippen MR) is 84.7 cm³/mol. The van der Waals surface area contributed by atoms with Crippen molar-refractivity contribution in [1.29, 1.82) is 0 Å². The van der Waals surface area contributed by atoms with Gasteiger partial charge in [0.25, 0.3) is 0 Å². The Labute approximate surface area is 124 Å². The van der Waals surface area contributed by atoms with Crippen LogP contribution < -0.4 is 11.1 Å². The molecule has 1 aliphatic rings. The number of carbonyl (C=O) groups excluding carboxylic acids is 1. The van der Waals surface area contributed by atoms with E-state index in [1.165, 1.54) is 19.4 Å². The van der Waals surface area contributed by atoms with Crippen molar-refractivity contribution < 1.29 is 4.79 Å². The first-order valence-corrected chi connectivity index (χ1v) is 8.48. The Morgan fingerprint density at radius 2 is 1.85 bits per heavy atom. The van der Waals surface area contributed by atoms with Gasteiger partial charge in [0.15, 0.2) is 0 Å². The zero-order chi connectivity index (χ0) is 14.6. The summed E-state index contributed by atoms with van der Waals surface area (Å²) in [6.07, 6.45) is 9.82. The minimum Gasteiger partial charge on any atom is -0.353 e. The molecule has 0 aliphatic carbocycles. The lowest BCUT2D eigenvalue weighted by Crippen LogP contribution is -2.44. The van der Waals surface area contributed by atoms with E-state index in [0.717, 1.165) is 58.2 Å². The Kier molecular flexibility index (Phi) is 9.67. The Morgan fingerprint density at radius 1 is 1.15 bits per heavy atom. The number of piperidine rings is 1. The lowest BCUT2D eigenvalue weighted by Gasteiger charge is -2.32. The van der Waals surface area contributed by atoms with Gasteiger partial charge in [-0.1, -0.05) is 26.2 Å². The number of likely N-dealkylation sites (tertiary alicyclic amines) is 1. The highest BCUT2D eigenvalue weighted by molar-refractivity contribution is 5.76. The van der Waals surface area contributed by atoms with Gasteiger partial charge in [-0.25, -0.2) is 0 Å². The van der Waals surface area contributed by atoms with Gasteiger partial charge in [0.05, 0.1) is 0 Å². The van der Waals surface area contributed by atoms with Crippen LogP contribution in [0.15, 0.2) is 0 Å². The van der Waals surface area contributed by atoms with E-state index in [1.54, 1.807) is 0 Å². The third-order valence-corrected chi connectivity index (χ3v) is 4.14. The van der Waals surface area contributed by atoms with E-state index in [4.69, 9.17) is 5.73 Å². The molecule has 0 aromatic rings. The van der Waals surface area contributed by atoms with E-state index in [-0.39, 0.29) is 5.91 Å². The molecule has 1 heterocycles. The van der Waals surface area contributed by atoms with Crippen molar-refractivity contribution in [3.8, 4) is 0 Å². The third kappa shape index (κ3) is 7.85. The fourth-order valence-electron chi connectivity index (χ4n) is 2.77. The number of amides is 1. The molecule has 1 fully saturated rings. The highest BCUT2D eigenvalue weighted by Gasteiger charge is 2.19. The van der Waals surface area contributed by atoms with E-state index in [0.29, 0.717) is 12.5 Å². The Hall–Kier alpha value is -0.610. The first-order valence-electron chi connectivity index (χ1n) is 8.48. The van der Waals surface area contributed by atoms with E-state index >= 15 is 0 Å². The normalized spacial score (nSPS) is 17.3. The molecule has 4 heteroatoms. The van der Waals surface area contributed by atoms with Crippen molar-refractivity contribution in [3.05, 3.63) is 0 Å². The molecule has 0 aromatic carbocycles. The topological polar surface area (TPSA) is 58.4 Å². The maximum atomic E-state index is 11.8. The Morgan fingerprint density at radius 3 is 2.50 bits per heavy atom. The molecule has 0 unspecified atom stereocenters. The fraction of sp³-hybridized carbons (Fsp3) is 0.938. The van der Waals surface area contributed by atoms with Crippen LogP contribution in [-0.2, 0) is 4.79 Å². The molecule has 1 amide bonds. The first kappa shape index (κ1) is 17.4. The van der Waals surface area contributed by atoms with Crippen molar-refractivity contribution in [1.82, 2.24) is 10.2 Å². The van der Waals surface area contributed by atoms with E-state index in [1.807, 2.05) is 0 Å². The molecule has 0 radical (unpaired) electrons. The van der Waals surface area contributed by atoms with Crippen molar-refractivity contribution >= 4 is 5.91 Å². The summed E-state index contributed by atoms with van der Waals surface area (Å²) in [6, 6.07) is 0.407. The monoisotopic (exact) mass is 283 g/mol. The lowest BCUT2D eigenvalue weighted by atomic mass is 10.0. The molecule has 1 aliphatic heterocycles. The minimum atomic E-state index is 0.241. The third-order valence-electron chi connectivity index (χ3n) is 4.14. The van der Waals surface area contributed by atoms with Crippen LogP contribution in [0.25, 0.3) is 0 Å². The smallest absolute Gasteiger partial charge is 0.220 e. The van der Waals surface area contributed by atoms with Gasteiger partial charge < -0.3 is 16.0 Å². The molecule has 3 N–H and O–H groups in total. The molecule has 0 atom stereocenters. The summed E-state index contributed by atoms with van der Waals surface area (Å²) < 4.78 is 0. The van der Waals surface area contributed by atoms with E-state index in [2.05, 4.69) is 17.1 Å². The zero-order valence-electron chi connectivity index (χ0n) is 13.2. The average Bonchev–Trinajstić information content (AvgIpc) is 2.46. The molecule has 118 valence electrons. The van der Waals surface area contributed by atoms with Crippen LogP contribution in [0.3, 0.4) is 0 Å². The summed E-state index contributed by atoms with van der Waals surface area (Å²) in [5.41, 5.74) is 5.45. The maximum absolute atomic E-state index is 11.8. The molecular weight excluding hydrogens is 250 g/mol. The van der Waals surface area contributed by atoms with Crippen LogP contribution in [0.4, 0.5) is 0 Å². The van der Waals surface area contributed by atoms with Crippen molar-refractivity contribution in [2.75, 3.05) is 26.2 Å². The number of hydrogen-bond donors (Lipinski definition) is 2. The maximum Gasteiger partial charge on any atom is 0.220 e. The summed E-state index contributed by atoms with van der Waals surface area (Å²) in [5, 5.41) is 3.20. The standard InChI is InChI=1S/C16H33N3O/c1-2-3-12-19-13-9-15(10-14-19)18-16(20)8-6-4-5-7-11-17/h15H,2-14,17H2,1H3,(H,18,20). The van der Waals surface area contributed by atoms with Gasteiger partial charge in [-0.05, 0) is 45.2 Å². The number of nitrogens with two attached hydrogens (primary N) is 1. The largest absolute Gasteiger partial charge is 0.353 e. The zero-order valence-corrected chi connectivity index (χ0v) is 13.2. The van der Waals surface area contributed by atoms with Crippen LogP contribution >= 0.6 is 0 Å². The Balaban J connectivity index is 2.03. The summed E-state index contributed by atoms with van der Waals surface area (Å²) in [7, 11) is 0. The van der Waals surface area contributed by atoms with Crippen LogP contribution in [-0.4, -0.2) is 43.0 Å². The minimum absolute atomic E-state index is 0.241. The lowest BCUT2D eigenvalue weighted by molar-refractivity contribution is -0.122. The number of rotatable bonds is 10. The molecule has 1 saturated heterocycles. The molecule has 4 nitrogen and oxygen atoms in total. The number of nitrogens with zero attached hydrogens (tertiary/aromatic N) is 1. The number of hydrogen-bond acceptors (Lipinski definition) is 3. The predicted octanol–water partition coefficient (Wildman–Crippen LogP) is 2.28.